The molecule has 0 saturated carbocycles. The monoisotopic (exact) mass is 501 g/mol. The van der Waals surface area contributed by atoms with E-state index < -0.39 is 5.95 Å². The van der Waals surface area contributed by atoms with Crippen LogP contribution in [0.2, 0.25) is 10.0 Å². The van der Waals surface area contributed by atoms with Crippen LogP contribution in [0.5, 0.6) is 5.75 Å². The third-order valence-corrected chi connectivity index (χ3v) is 7.01. The molecule has 0 radical (unpaired) electrons. The first-order valence-electron chi connectivity index (χ1n) is 10.7. The minimum Gasteiger partial charge on any atom is -0.489 e. The van der Waals surface area contributed by atoms with Crippen LogP contribution in [-0.4, -0.2) is 42.0 Å². The first-order chi connectivity index (χ1) is 16.3. The number of aromatic nitrogens is 2. The van der Waals surface area contributed by atoms with Crippen LogP contribution in [0.1, 0.15) is 23.1 Å². The highest BCUT2D eigenvalue weighted by Gasteiger charge is 2.46. The molecule has 2 aliphatic heterocycles. The predicted molar refractivity (Wildman–Crippen MR) is 130 cm³/mol. The van der Waals surface area contributed by atoms with E-state index in [0.717, 1.165) is 38.5 Å². The maximum absolute atomic E-state index is 13.7. The Morgan fingerprint density at radius 3 is 2.74 bits per heavy atom. The average molecular weight is 502 g/mol. The van der Waals surface area contributed by atoms with Crippen molar-refractivity contribution in [1.82, 2.24) is 9.97 Å². The first-order valence-corrected chi connectivity index (χ1v) is 11.5. The van der Waals surface area contributed by atoms with Gasteiger partial charge in [-0.15, -0.1) is 0 Å². The van der Waals surface area contributed by atoms with E-state index in [4.69, 9.17) is 43.8 Å². The summed E-state index contributed by atoms with van der Waals surface area (Å²) in [5, 5.41) is 8.68. The minimum absolute atomic E-state index is 0.0631. The number of nitrogen functional groups attached to an aromatic ring is 1. The lowest BCUT2D eigenvalue weighted by Gasteiger charge is -2.47. The van der Waals surface area contributed by atoms with Gasteiger partial charge in [0.2, 0.25) is 5.95 Å². The van der Waals surface area contributed by atoms with E-state index in [9.17, 15) is 4.39 Å². The molecule has 7 nitrogen and oxygen atoms in total. The summed E-state index contributed by atoms with van der Waals surface area (Å²) >= 11 is 12.0. The largest absolute Gasteiger partial charge is 0.489 e. The fourth-order valence-corrected chi connectivity index (χ4v) is 4.76. The van der Waals surface area contributed by atoms with Crippen LogP contribution in [0, 0.1) is 16.8 Å². The number of hydrogen-bond donors (Lipinski definition) is 2. The zero-order chi connectivity index (χ0) is 23.9. The van der Waals surface area contributed by atoms with Crippen LogP contribution in [0.3, 0.4) is 0 Å². The summed E-state index contributed by atoms with van der Waals surface area (Å²) in [7, 11) is 0. The number of hydrogen-bond acceptors (Lipinski definition) is 7. The quantitative estimate of drug-likeness (QED) is 0.288. The van der Waals surface area contributed by atoms with Crippen LogP contribution in [0.15, 0.2) is 42.7 Å². The van der Waals surface area contributed by atoms with Crippen molar-refractivity contribution in [2.75, 3.05) is 36.9 Å². The molecule has 3 aromatic rings. The van der Waals surface area contributed by atoms with Crippen LogP contribution in [-0.2, 0) is 11.3 Å². The number of nitrogens with zero attached hydrogens (tertiary/aromatic N) is 3. The molecular weight excluding hydrogens is 480 g/mol. The van der Waals surface area contributed by atoms with Gasteiger partial charge in [-0.3, -0.25) is 5.41 Å². The second-order valence-electron chi connectivity index (χ2n) is 8.67. The van der Waals surface area contributed by atoms with Gasteiger partial charge in [0.1, 0.15) is 23.2 Å². The zero-order valence-electron chi connectivity index (χ0n) is 18.2. The van der Waals surface area contributed by atoms with Crippen molar-refractivity contribution < 1.29 is 13.9 Å². The van der Waals surface area contributed by atoms with Crippen LogP contribution < -0.4 is 15.4 Å². The van der Waals surface area contributed by atoms with Gasteiger partial charge in [0.05, 0.1) is 17.3 Å². The molecule has 2 aromatic heterocycles. The molecule has 3 N–H and O–H groups in total. The third kappa shape index (κ3) is 4.29. The highest BCUT2D eigenvalue weighted by atomic mass is 35.5. The van der Waals surface area contributed by atoms with E-state index >= 15 is 0 Å². The Bertz CT molecular complexity index is 1240. The number of ether oxygens (including phenoxy) is 2. The molecule has 2 saturated heterocycles. The molecule has 0 bridgehead atoms. The summed E-state index contributed by atoms with van der Waals surface area (Å²) in [6.07, 6.45) is 3.96. The summed E-state index contributed by atoms with van der Waals surface area (Å²) in [5.41, 5.74) is 8.49. The van der Waals surface area contributed by atoms with Gasteiger partial charge in [-0.1, -0.05) is 23.2 Å². The van der Waals surface area contributed by atoms with Crippen LogP contribution in [0.25, 0.3) is 0 Å². The van der Waals surface area contributed by atoms with E-state index in [2.05, 4.69) is 14.9 Å². The smallest absolute Gasteiger partial charge is 0.232 e. The molecule has 2 fully saturated rings. The standard InChI is InChI=1S/C24H22Cl2FN5O2/c25-18-9-31-23(27)21(26)17(18)10-34-15-2-3-19(28)16(7-15)22(29)14-1-4-20(30-8-14)32-11-24(12-32)5-6-33-13-24/h1-4,7-9,29H,5-6,10-13,28H2. The highest BCUT2D eigenvalue weighted by molar-refractivity contribution is 6.35. The Morgan fingerprint density at radius 1 is 1.21 bits per heavy atom. The second-order valence-corrected chi connectivity index (χ2v) is 9.45. The Morgan fingerprint density at radius 2 is 2.03 bits per heavy atom. The Labute approximate surface area is 206 Å². The lowest BCUT2D eigenvalue weighted by Crippen LogP contribution is -2.57. The number of anilines is 2. The third-order valence-electron chi connectivity index (χ3n) is 6.30. The first kappa shape index (κ1) is 22.8. The highest BCUT2D eigenvalue weighted by Crippen LogP contribution is 2.40. The van der Waals surface area contributed by atoms with E-state index in [1.807, 2.05) is 12.1 Å². The maximum Gasteiger partial charge on any atom is 0.232 e. The molecule has 1 aromatic carbocycles. The van der Waals surface area contributed by atoms with E-state index in [1.54, 1.807) is 24.4 Å². The van der Waals surface area contributed by atoms with Gasteiger partial charge in [0.15, 0.2) is 0 Å². The van der Waals surface area contributed by atoms with Gasteiger partial charge >= 0.3 is 0 Å². The van der Waals surface area contributed by atoms with Crippen LogP contribution in [0.4, 0.5) is 15.9 Å². The predicted octanol–water partition coefficient (Wildman–Crippen LogP) is 4.73. The Balaban J connectivity index is 1.29. The van der Waals surface area contributed by atoms with Crippen molar-refractivity contribution in [3.05, 3.63) is 75.4 Å². The number of halogens is 3. The summed E-state index contributed by atoms with van der Waals surface area (Å²) < 4.78 is 25.0. The normalized spacial score (nSPS) is 16.5. The van der Waals surface area contributed by atoms with E-state index in [1.165, 1.54) is 6.20 Å². The molecule has 34 heavy (non-hydrogen) atoms. The molecule has 10 heteroatoms. The van der Waals surface area contributed by atoms with Crippen molar-refractivity contribution in [2.45, 2.75) is 13.0 Å². The molecule has 1 spiro atoms. The topological polar surface area (TPSA) is 97.4 Å². The molecule has 0 atom stereocenters. The molecular formula is C24H22Cl2FN5O2. The molecule has 2 aliphatic rings. The molecule has 5 rings (SSSR count). The lowest BCUT2D eigenvalue weighted by atomic mass is 9.79. The molecule has 0 amide bonds. The average Bonchev–Trinajstić information content (AvgIpc) is 3.32. The minimum atomic E-state index is -0.814. The van der Waals surface area contributed by atoms with Crippen molar-refractivity contribution in [2.24, 2.45) is 5.41 Å². The molecule has 4 heterocycles. The SMILES string of the molecule is N=C(c1ccc(N2CC3(CCOC3)C2)nc1)c1cc(OCc2c(Cl)cnc(F)c2Cl)ccc1N. The summed E-state index contributed by atoms with van der Waals surface area (Å²) in [5.74, 6) is 0.510. The van der Waals surface area contributed by atoms with E-state index in [-0.39, 0.29) is 27.8 Å². The number of nitrogens with two attached hydrogens (primary N) is 1. The molecule has 0 unspecified atom stereocenters. The number of benzene rings is 1. The van der Waals surface area contributed by atoms with Gasteiger partial charge in [-0.25, -0.2) is 9.97 Å². The summed E-state index contributed by atoms with van der Waals surface area (Å²) in [6, 6.07) is 8.77. The molecule has 176 valence electrons. The fraction of sp³-hybridized carbons (Fsp3) is 0.292. The Kier molecular flexibility index (Phi) is 6.06. The fourth-order valence-electron chi connectivity index (χ4n) is 4.31. The van der Waals surface area contributed by atoms with Crippen molar-refractivity contribution >= 4 is 40.4 Å². The summed E-state index contributed by atoms with van der Waals surface area (Å²) in [6.45, 7) is 3.48. The van der Waals surface area contributed by atoms with E-state index in [0.29, 0.717) is 28.1 Å². The summed E-state index contributed by atoms with van der Waals surface area (Å²) in [4.78, 5) is 10.3. The zero-order valence-corrected chi connectivity index (χ0v) is 19.7. The maximum atomic E-state index is 13.7. The van der Waals surface area contributed by atoms with Crippen LogP contribution >= 0.6 is 23.2 Å². The van der Waals surface area contributed by atoms with Crippen molar-refractivity contribution in [3.8, 4) is 5.75 Å². The number of pyridine rings is 2. The second kappa shape index (κ2) is 9.02. The van der Waals surface area contributed by atoms with Crippen molar-refractivity contribution in [3.63, 3.8) is 0 Å². The van der Waals surface area contributed by atoms with Gasteiger partial charge in [-0.2, -0.15) is 4.39 Å². The van der Waals surface area contributed by atoms with Gasteiger partial charge in [0.25, 0.3) is 0 Å². The van der Waals surface area contributed by atoms with Gasteiger partial charge in [0, 0.05) is 59.9 Å². The number of nitrogens with one attached hydrogen (secondary N) is 1. The molecule has 0 aliphatic carbocycles. The van der Waals surface area contributed by atoms with Gasteiger partial charge in [-0.05, 0) is 36.8 Å². The Hall–Kier alpha value is -2.94. The number of rotatable bonds is 6. The van der Waals surface area contributed by atoms with Crippen molar-refractivity contribution in [1.29, 1.82) is 5.41 Å². The lowest BCUT2D eigenvalue weighted by molar-refractivity contribution is 0.131. The van der Waals surface area contributed by atoms with Gasteiger partial charge < -0.3 is 20.1 Å².